The van der Waals surface area contributed by atoms with E-state index in [0.29, 0.717) is 6.42 Å². The molecule has 0 saturated heterocycles. The Morgan fingerprint density at radius 3 is 2.40 bits per heavy atom. The van der Waals surface area contributed by atoms with Crippen molar-refractivity contribution in [2.75, 3.05) is 5.32 Å². The van der Waals surface area contributed by atoms with E-state index in [-0.39, 0.29) is 5.91 Å². The van der Waals surface area contributed by atoms with Crippen LogP contribution in [0.4, 0.5) is 5.69 Å². The van der Waals surface area contributed by atoms with Crippen molar-refractivity contribution in [3.63, 3.8) is 0 Å². The molecule has 0 aliphatic carbocycles. The number of amides is 1. The highest BCUT2D eigenvalue weighted by Crippen LogP contribution is 2.16. The van der Waals surface area contributed by atoms with Crippen molar-refractivity contribution < 1.29 is 4.79 Å². The Morgan fingerprint density at radius 1 is 1.10 bits per heavy atom. The Morgan fingerprint density at radius 2 is 1.80 bits per heavy atom. The molecule has 20 heavy (non-hydrogen) atoms. The minimum absolute atomic E-state index is 0.341. The maximum Gasteiger partial charge on any atom is 0.240 e. The Labute approximate surface area is 119 Å². The molecule has 0 radical (unpaired) electrons. The van der Waals surface area contributed by atoms with E-state index in [2.05, 4.69) is 19.2 Å². The van der Waals surface area contributed by atoms with Gasteiger partial charge < -0.3 is 11.1 Å². The monoisotopic (exact) mass is 268 g/mol. The number of hydrogen-bond acceptors (Lipinski definition) is 2. The summed E-state index contributed by atoms with van der Waals surface area (Å²) in [6, 6.07) is 15.5. The van der Waals surface area contributed by atoms with Crippen molar-refractivity contribution in [2.24, 2.45) is 5.73 Å². The number of carbonyl (C=O) groups excluding carboxylic acids is 1. The summed E-state index contributed by atoms with van der Waals surface area (Å²) in [6.07, 6.45) is 0.586. The van der Waals surface area contributed by atoms with Crippen molar-refractivity contribution in [1.29, 1.82) is 0 Å². The zero-order valence-corrected chi connectivity index (χ0v) is 11.9. The van der Waals surface area contributed by atoms with E-state index in [9.17, 15) is 4.79 Å². The number of anilines is 1. The van der Waals surface area contributed by atoms with Gasteiger partial charge in [0, 0.05) is 12.1 Å². The fourth-order valence-electron chi connectivity index (χ4n) is 2.10. The first kappa shape index (κ1) is 14.1. The topological polar surface area (TPSA) is 55.1 Å². The summed E-state index contributed by atoms with van der Waals surface area (Å²) in [7, 11) is 0. The first-order valence-corrected chi connectivity index (χ1v) is 6.73. The highest BCUT2D eigenvalue weighted by atomic mass is 16.1. The van der Waals surface area contributed by atoms with Gasteiger partial charge in [0.2, 0.25) is 5.91 Å². The van der Waals surface area contributed by atoms with E-state index in [1.807, 2.05) is 48.5 Å². The van der Waals surface area contributed by atoms with Gasteiger partial charge in [0.05, 0.1) is 0 Å². The Bertz CT molecular complexity index is 593. The molecular weight excluding hydrogens is 248 g/mol. The van der Waals surface area contributed by atoms with Crippen LogP contribution in [0.25, 0.3) is 0 Å². The average molecular weight is 268 g/mol. The number of aryl methyl sites for hydroxylation is 2. The third kappa shape index (κ3) is 3.60. The third-order valence-corrected chi connectivity index (χ3v) is 3.47. The molecule has 0 bridgehead atoms. The largest absolute Gasteiger partial charge is 0.373 e. The molecule has 0 fully saturated rings. The smallest absolute Gasteiger partial charge is 0.240 e. The van der Waals surface area contributed by atoms with Crippen LogP contribution in [0.1, 0.15) is 16.7 Å². The van der Waals surface area contributed by atoms with Crippen molar-refractivity contribution in [2.45, 2.75) is 26.3 Å². The number of carbonyl (C=O) groups is 1. The molecule has 3 heteroatoms. The van der Waals surface area contributed by atoms with Crippen LogP contribution in [0.15, 0.2) is 48.5 Å². The van der Waals surface area contributed by atoms with Crippen molar-refractivity contribution in [3.8, 4) is 0 Å². The first-order valence-electron chi connectivity index (χ1n) is 6.73. The van der Waals surface area contributed by atoms with E-state index in [1.165, 1.54) is 11.1 Å². The van der Waals surface area contributed by atoms with Crippen LogP contribution in [-0.4, -0.2) is 11.9 Å². The molecule has 0 saturated carbocycles. The summed E-state index contributed by atoms with van der Waals surface area (Å²) >= 11 is 0. The van der Waals surface area contributed by atoms with Crippen molar-refractivity contribution in [3.05, 3.63) is 65.2 Å². The van der Waals surface area contributed by atoms with E-state index >= 15 is 0 Å². The van der Waals surface area contributed by atoms with Gasteiger partial charge in [0.15, 0.2) is 0 Å². The Kier molecular flexibility index (Phi) is 4.41. The Balaban J connectivity index is 2.13. The normalized spacial score (nSPS) is 11.9. The minimum atomic E-state index is -0.403. The lowest BCUT2D eigenvalue weighted by atomic mass is 10.0. The van der Waals surface area contributed by atoms with Crippen LogP contribution in [0.3, 0.4) is 0 Å². The van der Waals surface area contributed by atoms with Crippen LogP contribution < -0.4 is 11.1 Å². The molecule has 104 valence electrons. The summed E-state index contributed by atoms with van der Waals surface area (Å²) in [4.78, 5) is 11.6. The predicted octanol–water partition coefficient (Wildman–Crippen LogP) is 2.81. The lowest BCUT2D eigenvalue weighted by Crippen LogP contribution is -2.37. The average Bonchev–Trinajstić information content (AvgIpc) is 2.43. The number of nitrogens with one attached hydrogen (secondary N) is 1. The molecule has 2 aromatic carbocycles. The maximum absolute atomic E-state index is 11.6. The maximum atomic E-state index is 11.6. The second kappa shape index (κ2) is 6.24. The van der Waals surface area contributed by atoms with Gasteiger partial charge in [0.25, 0.3) is 0 Å². The number of nitrogens with two attached hydrogens (primary N) is 1. The standard InChI is InChI=1S/C17H20N2O/c1-12-8-9-15(10-13(12)2)19-16(17(18)20)11-14-6-4-3-5-7-14/h3-10,16,19H,11H2,1-2H3,(H2,18,20)/t16-/m0/s1. The van der Waals surface area contributed by atoms with E-state index in [1.54, 1.807) is 0 Å². The summed E-state index contributed by atoms with van der Waals surface area (Å²) in [5.41, 5.74) is 9.94. The number of hydrogen-bond donors (Lipinski definition) is 2. The van der Waals surface area contributed by atoms with Crippen LogP contribution in [-0.2, 0) is 11.2 Å². The molecule has 0 spiro atoms. The second-order valence-electron chi connectivity index (χ2n) is 5.09. The fourth-order valence-corrected chi connectivity index (χ4v) is 2.10. The van der Waals surface area contributed by atoms with E-state index in [0.717, 1.165) is 11.3 Å². The van der Waals surface area contributed by atoms with Gasteiger partial charge in [-0.3, -0.25) is 4.79 Å². The molecule has 1 amide bonds. The van der Waals surface area contributed by atoms with Gasteiger partial charge in [-0.25, -0.2) is 0 Å². The van der Waals surface area contributed by atoms with E-state index < -0.39 is 6.04 Å². The molecule has 0 aliphatic rings. The van der Waals surface area contributed by atoms with Crippen molar-refractivity contribution in [1.82, 2.24) is 0 Å². The van der Waals surface area contributed by atoms with Gasteiger partial charge in [-0.15, -0.1) is 0 Å². The van der Waals surface area contributed by atoms with Gasteiger partial charge in [-0.05, 0) is 42.7 Å². The molecule has 2 aromatic rings. The second-order valence-corrected chi connectivity index (χ2v) is 5.09. The summed E-state index contributed by atoms with van der Waals surface area (Å²) in [5.74, 6) is -0.341. The molecule has 0 aliphatic heterocycles. The minimum Gasteiger partial charge on any atom is -0.373 e. The first-order chi connectivity index (χ1) is 9.56. The lowest BCUT2D eigenvalue weighted by molar-refractivity contribution is -0.118. The molecule has 0 unspecified atom stereocenters. The molecule has 2 rings (SSSR count). The zero-order chi connectivity index (χ0) is 14.5. The summed E-state index contributed by atoms with van der Waals surface area (Å²) < 4.78 is 0. The summed E-state index contributed by atoms with van der Waals surface area (Å²) in [6.45, 7) is 4.12. The number of primary amides is 1. The lowest BCUT2D eigenvalue weighted by Gasteiger charge is -2.17. The van der Waals surface area contributed by atoms with Crippen LogP contribution in [0.2, 0.25) is 0 Å². The third-order valence-electron chi connectivity index (χ3n) is 3.47. The number of benzene rings is 2. The van der Waals surface area contributed by atoms with Crippen LogP contribution in [0.5, 0.6) is 0 Å². The highest BCUT2D eigenvalue weighted by molar-refractivity contribution is 5.83. The molecule has 0 heterocycles. The van der Waals surface area contributed by atoms with Crippen molar-refractivity contribution >= 4 is 11.6 Å². The van der Waals surface area contributed by atoms with Gasteiger partial charge in [-0.1, -0.05) is 36.4 Å². The van der Waals surface area contributed by atoms with Crippen LogP contribution >= 0.6 is 0 Å². The molecule has 0 aromatic heterocycles. The predicted molar refractivity (Wildman–Crippen MR) is 82.7 cm³/mol. The fraction of sp³-hybridized carbons (Fsp3) is 0.235. The quantitative estimate of drug-likeness (QED) is 0.876. The molecular formula is C17H20N2O. The Hall–Kier alpha value is -2.29. The molecule has 3 N–H and O–H groups in total. The van der Waals surface area contributed by atoms with Gasteiger partial charge in [0.1, 0.15) is 6.04 Å². The SMILES string of the molecule is Cc1ccc(N[C@@H](Cc2ccccc2)C(N)=O)cc1C. The van der Waals surface area contributed by atoms with Gasteiger partial charge in [-0.2, -0.15) is 0 Å². The zero-order valence-electron chi connectivity index (χ0n) is 11.9. The van der Waals surface area contributed by atoms with E-state index in [4.69, 9.17) is 5.73 Å². The molecule has 3 nitrogen and oxygen atoms in total. The van der Waals surface area contributed by atoms with Gasteiger partial charge >= 0.3 is 0 Å². The molecule has 1 atom stereocenters. The number of rotatable bonds is 5. The van der Waals surface area contributed by atoms with Crippen LogP contribution in [0, 0.1) is 13.8 Å². The highest BCUT2D eigenvalue weighted by Gasteiger charge is 2.15. The summed E-state index contributed by atoms with van der Waals surface area (Å²) in [5, 5.41) is 3.22.